The number of likely N-dealkylation sites (N-methyl/N-ethyl adjacent to an activating group) is 1. The van der Waals surface area contributed by atoms with Crippen LogP contribution >= 0.6 is 0 Å². The van der Waals surface area contributed by atoms with Gasteiger partial charge in [0.25, 0.3) is 5.69 Å². The first-order chi connectivity index (χ1) is 18.5. The zero-order chi connectivity index (χ0) is 28.7. The molecule has 0 saturated heterocycles. The van der Waals surface area contributed by atoms with Gasteiger partial charge in [-0.1, -0.05) is 49.4 Å². The average Bonchev–Trinajstić information content (AvgIpc) is 2.90. The molecule has 0 aromatic heterocycles. The molecule has 1 aliphatic rings. The normalized spacial score (nSPS) is 16.1. The number of amides is 3. The molecular weight excluding hydrogens is 500 g/mol. The van der Waals surface area contributed by atoms with Crippen LogP contribution in [0.1, 0.15) is 63.6 Å². The van der Waals surface area contributed by atoms with E-state index in [1.54, 1.807) is 38.8 Å². The lowest BCUT2D eigenvalue weighted by atomic mass is 9.93. The van der Waals surface area contributed by atoms with Crippen LogP contribution in [0.15, 0.2) is 65.9 Å². The van der Waals surface area contributed by atoms with Gasteiger partial charge >= 0.3 is 12.0 Å². The van der Waals surface area contributed by atoms with Crippen molar-refractivity contribution in [3.63, 3.8) is 0 Å². The molecule has 0 radical (unpaired) electrons. The molecule has 3 amide bonds. The summed E-state index contributed by atoms with van der Waals surface area (Å²) < 4.78 is 5.47. The highest BCUT2D eigenvalue weighted by molar-refractivity contribution is 5.95. The number of hydrogen-bond donors (Lipinski definition) is 1. The summed E-state index contributed by atoms with van der Waals surface area (Å²) >= 11 is 0. The Kier molecular flexibility index (Phi) is 9.81. The van der Waals surface area contributed by atoms with Crippen molar-refractivity contribution in [3.05, 3.63) is 87.1 Å². The number of carbonyl (C=O) groups excluding carboxylic acids is 3. The van der Waals surface area contributed by atoms with Crippen molar-refractivity contribution in [2.75, 3.05) is 20.1 Å². The minimum absolute atomic E-state index is 0.0148. The molecule has 1 heterocycles. The van der Waals surface area contributed by atoms with Gasteiger partial charge in [0, 0.05) is 38.0 Å². The van der Waals surface area contributed by atoms with E-state index in [2.05, 4.69) is 5.32 Å². The molecular formula is C29H36N4O6. The van der Waals surface area contributed by atoms with E-state index >= 15 is 0 Å². The quantitative estimate of drug-likeness (QED) is 0.247. The number of urea groups is 1. The van der Waals surface area contributed by atoms with Gasteiger partial charge in [0.2, 0.25) is 5.91 Å². The smallest absolute Gasteiger partial charge is 0.338 e. The van der Waals surface area contributed by atoms with Crippen LogP contribution in [0.5, 0.6) is 0 Å². The largest absolute Gasteiger partial charge is 0.459 e. The van der Waals surface area contributed by atoms with Crippen molar-refractivity contribution >= 4 is 23.6 Å². The molecule has 0 saturated carbocycles. The third kappa shape index (κ3) is 7.01. The number of nitrogens with zero attached hydrogens (tertiary/aromatic N) is 3. The van der Waals surface area contributed by atoms with Gasteiger partial charge in [-0.25, -0.2) is 9.59 Å². The number of rotatable bonds is 11. The van der Waals surface area contributed by atoms with Gasteiger partial charge in [-0.15, -0.1) is 0 Å². The predicted octanol–water partition coefficient (Wildman–Crippen LogP) is 4.93. The Balaban J connectivity index is 1.85. The highest BCUT2D eigenvalue weighted by atomic mass is 16.6. The van der Waals surface area contributed by atoms with Gasteiger partial charge in [0.1, 0.15) is 0 Å². The summed E-state index contributed by atoms with van der Waals surface area (Å²) in [5, 5.41) is 14.2. The van der Waals surface area contributed by atoms with Crippen LogP contribution in [-0.2, 0) is 14.3 Å². The van der Waals surface area contributed by atoms with Crippen molar-refractivity contribution in [3.8, 4) is 0 Å². The van der Waals surface area contributed by atoms with E-state index in [4.69, 9.17) is 4.74 Å². The summed E-state index contributed by atoms with van der Waals surface area (Å²) in [5.74, 6) is -0.890. The van der Waals surface area contributed by atoms with Gasteiger partial charge < -0.3 is 19.9 Å². The SMILES string of the molecule is CCC(C(=O)N(C)CCCN1C(=O)NC(C)=C(C(=O)OC(C)C)C1c1cccc([N+](=O)[O-])c1)c1ccccc1. The number of nitro benzene ring substituents is 1. The van der Waals surface area contributed by atoms with Gasteiger partial charge in [0.15, 0.2) is 0 Å². The van der Waals surface area contributed by atoms with E-state index in [1.807, 2.05) is 37.3 Å². The molecule has 2 unspecified atom stereocenters. The minimum atomic E-state index is -0.890. The number of nitrogens with one attached hydrogen (secondary N) is 1. The van der Waals surface area contributed by atoms with Crippen LogP contribution < -0.4 is 5.32 Å². The predicted molar refractivity (Wildman–Crippen MR) is 147 cm³/mol. The van der Waals surface area contributed by atoms with Crippen LogP contribution in [0.2, 0.25) is 0 Å². The Bertz CT molecular complexity index is 1240. The number of ether oxygens (including phenoxy) is 1. The Hall–Kier alpha value is -4.21. The molecule has 0 spiro atoms. The van der Waals surface area contributed by atoms with Crippen LogP contribution in [0.3, 0.4) is 0 Å². The molecule has 1 aliphatic heterocycles. The molecule has 10 nitrogen and oxygen atoms in total. The first-order valence-corrected chi connectivity index (χ1v) is 13.1. The number of hydrogen-bond acceptors (Lipinski definition) is 6. The van der Waals surface area contributed by atoms with Crippen LogP contribution in [0, 0.1) is 10.1 Å². The number of carbonyl (C=O) groups is 3. The molecule has 39 heavy (non-hydrogen) atoms. The lowest BCUT2D eigenvalue weighted by molar-refractivity contribution is -0.384. The van der Waals surface area contributed by atoms with Gasteiger partial charge in [-0.3, -0.25) is 14.9 Å². The number of nitro groups is 1. The van der Waals surface area contributed by atoms with Crippen molar-refractivity contribution in [1.82, 2.24) is 15.1 Å². The third-order valence-corrected chi connectivity index (χ3v) is 6.68. The van der Waals surface area contributed by atoms with E-state index in [0.717, 1.165) is 5.56 Å². The lowest BCUT2D eigenvalue weighted by Crippen LogP contribution is -2.49. The van der Waals surface area contributed by atoms with Crippen LogP contribution in [0.25, 0.3) is 0 Å². The van der Waals surface area contributed by atoms with Gasteiger partial charge in [-0.2, -0.15) is 0 Å². The summed E-state index contributed by atoms with van der Waals surface area (Å²) in [6.45, 7) is 7.60. The first-order valence-electron chi connectivity index (χ1n) is 13.1. The van der Waals surface area contributed by atoms with E-state index < -0.39 is 29.1 Å². The molecule has 0 aliphatic carbocycles. The molecule has 0 bridgehead atoms. The van der Waals surface area contributed by atoms with Crippen molar-refractivity contribution in [1.29, 1.82) is 0 Å². The fraction of sp³-hybridized carbons (Fsp3) is 0.414. The summed E-state index contributed by atoms with van der Waals surface area (Å²) in [6, 6.07) is 14.2. The number of benzene rings is 2. The third-order valence-electron chi connectivity index (χ3n) is 6.68. The Morgan fingerprint density at radius 2 is 1.85 bits per heavy atom. The lowest BCUT2D eigenvalue weighted by Gasteiger charge is -2.38. The van der Waals surface area contributed by atoms with Gasteiger partial charge in [0.05, 0.1) is 28.6 Å². The standard InChI is InChI=1S/C29H36N4O6/c1-6-24(21-12-8-7-9-13-21)27(34)31(5)16-11-17-32-26(22-14-10-15-23(18-22)33(37)38)25(20(4)30-29(32)36)28(35)39-19(2)3/h7-10,12-15,18-19,24,26H,6,11,16-17H2,1-5H3,(H,30,36). The zero-order valence-electron chi connectivity index (χ0n) is 23.0. The Labute approximate surface area is 228 Å². The molecule has 2 aromatic rings. The van der Waals surface area contributed by atoms with E-state index in [0.29, 0.717) is 30.6 Å². The molecule has 1 N–H and O–H groups in total. The second kappa shape index (κ2) is 13.0. The maximum absolute atomic E-state index is 13.2. The summed E-state index contributed by atoms with van der Waals surface area (Å²) in [6.07, 6.45) is 0.685. The number of esters is 1. The molecule has 2 atom stereocenters. The first kappa shape index (κ1) is 29.3. The molecule has 2 aromatic carbocycles. The second-order valence-electron chi connectivity index (χ2n) is 9.86. The van der Waals surface area contributed by atoms with Crippen molar-refractivity contribution in [2.24, 2.45) is 0 Å². The minimum Gasteiger partial charge on any atom is -0.459 e. The molecule has 3 rings (SSSR count). The summed E-state index contributed by atoms with van der Waals surface area (Å²) in [7, 11) is 1.73. The average molecular weight is 537 g/mol. The maximum Gasteiger partial charge on any atom is 0.338 e. The van der Waals surface area contributed by atoms with E-state index in [-0.39, 0.29) is 29.6 Å². The topological polar surface area (TPSA) is 122 Å². The molecule has 10 heteroatoms. The second-order valence-corrected chi connectivity index (χ2v) is 9.86. The van der Waals surface area contributed by atoms with Crippen molar-refractivity contribution in [2.45, 2.75) is 58.6 Å². The van der Waals surface area contributed by atoms with Crippen molar-refractivity contribution < 1.29 is 24.0 Å². The van der Waals surface area contributed by atoms with Gasteiger partial charge in [-0.05, 0) is 44.7 Å². The number of non-ortho nitro benzene ring substituents is 1. The summed E-state index contributed by atoms with van der Waals surface area (Å²) in [4.78, 5) is 53.6. The highest BCUT2D eigenvalue weighted by Crippen LogP contribution is 2.36. The maximum atomic E-state index is 13.2. The fourth-order valence-corrected chi connectivity index (χ4v) is 4.80. The van der Waals surface area contributed by atoms with E-state index in [9.17, 15) is 24.5 Å². The van der Waals surface area contributed by atoms with Crippen LogP contribution in [-0.4, -0.2) is 58.9 Å². The molecule has 0 fully saturated rings. The zero-order valence-corrected chi connectivity index (χ0v) is 23.0. The number of allylic oxidation sites excluding steroid dienone is 1. The monoisotopic (exact) mass is 536 g/mol. The fourth-order valence-electron chi connectivity index (χ4n) is 4.80. The molecule has 208 valence electrons. The highest BCUT2D eigenvalue weighted by Gasteiger charge is 2.39. The van der Waals surface area contributed by atoms with E-state index in [1.165, 1.54) is 23.1 Å². The Morgan fingerprint density at radius 1 is 1.15 bits per heavy atom. The Morgan fingerprint density at radius 3 is 2.46 bits per heavy atom. The van der Waals surface area contributed by atoms with Crippen LogP contribution in [0.4, 0.5) is 10.5 Å². The summed E-state index contributed by atoms with van der Waals surface area (Å²) in [5.41, 5.74) is 1.77.